The van der Waals surface area contributed by atoms with Crippen LogP contribution < -0.4 is 0 Å². The number of carbonyl (C=O) groups excluding carboxylic acids is 2. The number of carbonyl (C=O) groups is 2. The van der Waals surface area contributed by atoms with Crippen molar-refractivity contribution in [3.8, 4) is 0 Å². The molecule has 1 aliphatic heterocycles. The van der Waals surface area contributed by atoms with Crippen molar-refractivity contribution in [1.29, 1.82) is 0 Å². The third-order valence-corrected chi connectivity index (χ3v) is 5.43. The number of pyridine rings is 1. The molecule has 1 atom stereocenters. The van der Waals surface area contributed by atoms with Crippen LogP contribution in [-0.2, 0) is 15.9 Å². The van der Waals surface area contributed by atoms with E-state index in [0.717, 1.165) is 36.1 Å². The van der Waals surface area contributed by atoms with Crippen LogP contribution in [0.2, 0.25) is 0 Å². The van der Waals surface area contributed by atoms with Crippen LogP contribution in [0.25, 0.3) is 0 Å². The number of rotatable bonds is 4. The summed E-state index contributed by atoms with van der Waals surface area (Å²) in [6.45, 7) is 8.96. The maximum Gasteiger partial charge on any atom is 0.410 e. The number of hydrogen-bond acceptors (Lipinski definition) is 6. The van der Waals surface area contributed by atoms with Crippen LogP contribution in [0.4, 0.5) is 4.79 Å². The average molecular weight is 429 g/mol. The molecule has 8 nitrogen and oxygen atoms in total. The van der Waals surface area contributed by atoms with Crippen molar-refractivity contribution in [2.75, 3.05) is 20.2 Å². The Bertz CT molecular complexity index is 932. The molecule has 0 unspecified atom stereocenters. The molecule has 0 aliphatic carbocycles. The van der Waals surface area contributed by atoms with Crippen molar-refractivity contribution in [3.05, 3.63) is 47.0 Å². The number of hydrogen-bond donors (Lipinski definition) is 0. The molecule has 0 saturated carbocycles. The summed E-state index contributed by atoms with van der Waals surface area (Å²) < 4.78 is 12.4. The molecule has 0 spiro atoms. The number of nitrogens with zero attached hydrogens (tertiary/aromatic N) is 4. The molecule has 0 aromatic carbocycles. The number of amides is 1. The third-order valence-electron chi connectivity index (χ3n) is 5.43. The van der Waals surface area contributed by atoms with Crippen molar-refractivity contribution in [1.82, 2.24) is 19.7 Å². The first-order chi connectivity index (χ1) is 14.7. The lowest BCUT2D eigenvalue weighted by molar-refractivity contribution is 0.0255. The van der Waals surface area contributed by atoms with Gasteiger partial charge in [0.15, 0.2) is 0 Å². The second kappa shape index (κ2) is 9.49. The average Bonchev–Trinajstić information content (AvgIpc) is 2.92. The molecule has 1 amide bonds. The largest absolute Gasteiger partial charge is 0.465 e. The standard InChI is InChI=1S/C23H32N4O4/c1-16-18(13-17-14-24-10-8-20(17)21(28)30-5)15-27(25-16)19-7-6-11-26(12-9-19)22(29)31-23(2,3)4/h8,10,14-15,19H,6-7,9,11-13H2,1-5H3/t19-/m1/s1. The maximum atomic E-state index is 12.4. The zero-order valence-electron chi connectivity index (χ0n) is 19.1. The van der Waals surface area contributed by atoms with E-state index in [0.29, 0.717) is 25.1 Å². The van der Waals surface area contributed by atoms with Crippen molar-refractivity contribution < 1.29 is 19.1 Å². The first-order valence-corrected chi connectivity index (χ1v) is 10.7. The van der Waals surface area contributed by atoms with Crippen molar-refractivity contribution in [2.24, 2.45) is 0 Å². The summed E-state index contributed by atoms with van der Waals surface area (Å²) in [6, 6.07) is 1.89. The van der Waals surface area contributed by atoms with E-state index in [2.05, 4.69) is 11.2 Å². The van der Waals surface area contributed by atoms with Crippen LogP contribution in [0.3, 0.4) is 0 Å². The number of esters is 1. The third kappa shape index (κ3) is 5.83. The van der Waals surface area contributed by atoms with E-state index in [-0.39, 0.29) is 18.1 Å². The monoisotopic (exact) mass is 428 g/mol. The molecule has 1 fully saturated rings. The molecule has 168 valence electrons. The van der Waals surface area contributed by atoms with Gasteiger partial charge >= 0.3 is 12.1 Å². The summed E-state index contributed by atoms with van der Waals surface area (Å²) in [7, 11) is 1.38. The molecule has 2 aromatic rings. The highest BCUT2D eigenvalue weighted by Gasteiger charge is 2.26. The van der Waals surface area contributed by atoms with Crippen molar-refractivity contribution in [2.45, 2.75) is 65.0 Å². The fourth-order valence-electron chi connectivity index (χ4n) is 3.81. The van der Waals surface area contributed by atoms with Gasteiger partial charge in [0.25, 0.3) is 0 Å². The van der Waals surface area contributed by atoms with Crippen molar-refractivity contribution >= 4 is 12.1 Å². The van der Waals surface area contributed by atoms with Gasteiger partial charge in [0.2, 0.25) is 0 Å². The molecule has 0 radical (unpaired) electrons. The molecular formula is C23H32N4O4. The van der Waals surface area contributed by atoms with Crippen LogP contribution in [-0.4, -0.2) is 57.5 Å². The van der Waals surface area contributed by atoms with Gasteiger partial charge in [-0.3, -0.25) is 9.67 Å². The fourth-order valence-corrected chi connectivity index (χ4v) is 3.81. The lowest BCUT2D eigenvalue weighted by atomic mass is 10.0. The predicted octanol–water partition coefficient (Wildman–Crippen LogP) is 3.93. The van der Waals surface area contributed by atoms with E-state index in [1.807, 2.05) is 32.4 Å². The molecule has 31 heavy (non-hydrogen) atoms. The minimum absolute atomic E-state index is 0.217. The first kappa shape index (κ1) is 22.8. The zero-order valence-corrected chi connectivity index (χ0v) is 19.1. The number of aryl methyl sites for hydroxylation is 1. The summed E-state index contributed by atoms with van der Waals surface area (Å²) in [5.74, 6) is -0.367. The molecule has 1 saturated heterocycles. The van der Waals surface area contributed by atoms with Crippen LogP contribution in [0.1, 0.15) is 73.3 Å². The maximum absolute atomic E-state index is 12.4. The number of methoxy groups -OCH3 is 1. The smallest absolute Gasteiger partial charge is 0.410 e. The second-order valence-corrected chi connectivity index (χ2v) is 8.97. The molecule has 2 aromatic heterocycles. The Morgan fingerprint density at radius 2 is 1.97 bits per heavy atom. The number of ether oxygens (including phenoxy) is 2. The highest BCUT2D eigenvalue weighted by molar-refractivity contribution is 5.90. The van der Waals surface area contributed by atoms with Gasteiger partial charge in [-0.2, -0.15) is 5.10 Å². The highest BCUT2D eigenvalue weighted by atomic mass is 16.6. The Morgan fingerprint density at radius 1 is 1.19 bits per heavy atom. The summed E-state index contributed by atoms with van der Waals surface area (Å²) in [5, 5.41) is 4.74. The lowest BCUT2D eigenvalue weighted by Gasteiger charge is -2.26. The van der Waals surface area contributed by atoms with Gasteiger partial charge < -0.3 is 14.4 Å². The molecule has 8 heteroatoms. The number of likely N-dealkylation sites (tertiary alicyclic amines) is 1. The van der Waals surface area contributed by atoms with Crippen LogP contribution in [0, 0.1) is 6.92 Å². The summed E-state index contributed by atoms with van der Waals surface area (Å²) >= 11 is 0. The van der Waals surface area contributed by atoms with E-state index in [4.69, 9.17) is 14.6 Å². The minimum atomic E-state index is -0.494. The van der Waals surface area contributed by atoms with Gasteiger partial charge in [-0.15, -0.1) is 0 Å². The summed E-state index contributed by atoms with van der Waals surface area (Å²) in [5.41, 5.74) is 2.81. The zero-order chi connectivity index (χ0) is 22.6. The first-order valence-electron chi connectivity index (χ1n) is 10.7. The Labute approximate surface area is 183 Å². The molecule has 3 rings (SSSR count). The van der Waals surface area contributed by atoms with Gasteiger partial charge in [-0.05, 0) is 64.2 Å². The Hall–Kier alpha value is -2.90. The van der Waals surface area contributed by atoms with Gasteiger partial charge in [0.05, 0.1) is 24.4 Å². The predicted molar refractivity (Wildman–Crippen MR) is 116 cm³/mol. The van der Waals surface area contributed by atoms with E-state index in [1.165, 1.54) is 7.11 Å². The molecular weight excluding hydrogens is 396 g/mol. The molecule has 0 N–H and O–H groups in total. The highest BCUT2D eigenvalue weighted by Crippen LogP contribution is 2.25. The fraction of sp³-hybridized carbons (Fsp3) is 0.565. The number of aromatic nitrogens is 3. The normalized spacial score (nSPS) is 17.2. The lowest BCUT2D eigenvalue weighted by Crippen LogP contribution is -2.37. The molecule has 1 aliphatic rings. The van der Waals surface area contributed by atoms with Gasteiger partial charge in [-0.25, -0.2) is 9.59 Å². The van der Waals surface area contributed by atoms with E-state index in [9.17, 15) is 9.59 Å². The van der Waals surface area contributed by atoms with E-state index >= 15 is 0 Å². The topological polar surface area (TPSA) is 86.6 Å². The van der Waals surface area contributed by atoms with Crippen LogP contribution in [0.15, 0.2) is 24.7 Å². The minimum Gasteiger partial charge on any atom is -0.465 e. The quantitative estimate of drug-likeness (QED) is 0.686. The van der Waals surface area contributed by atoms with E-state index < -0.39 is 5.60 Å². The van der Waals surface area contributed by atoms with Gasteiger partial charge in [-0.1, -0.05) is 0 Å². The summed E-state index contributed by atoms with van der Waals surface area (Å²) in [4.78, 5) is 30.4. The van der Waals surface area contributed by atoms with Crippen molar-refractivity contribution in [3.63, 3.8) is 0 Å². The molecule has 3 heterocycles. The van der Waals surface area contributed by atoms with Crippen LogP contribution >= 0.6 is 0 Å². The Kier molecular flexibility index (Phi) is 6.97. The SMILES string of the molecule is COC(=O)c1ccncc1Cc1cn([C@@H]2CCCN(C(=O)OC(C)(C)C)CC2)nc1C. The Morgan fingerprint density at radius 3 is 2.68 bits per heavy atom. The molecule has 0 bridgehead atoms. The van der Waals surface area contributed by atoms with Crippen LogP contribution in [0.5, 0.6) is 0 Å². The Balaban J connectivity index is 1.70. The van der Waals surface area contributed by atoms with E-state index in [1.54, 1.807) is 23.4 Å². The second-order valence-electron chi connectivity index (χ2n) is 8.97. The van der Waals surface area contributed by atoms with Gasteiger partial charge in [0, 0.05) is 38.1 Å². The summed E-state index contributed by atoms with van der Waals surface area (Å²) in [6.07, 6.45) is 8.31. The van der Waals surface area contributed by atoms with Gasteiger partial charge in [0.1, 0.15) is 5.60 Å².